The third kappa shape index (κ3) is 3.16. The summed E-state index contributed by atoms with van der Waals surface area (Å²) in [4.78, 5) is 9.25. The van der Waals surface area contributed by atoms with Gasteiger partial charge in [0.1, 0.15) is 0 Å². The monoisotopic (exact) mass is 281 g/mol. The van der Waals surface area contributed by atoms with Crippen molar-refractivity contribution < 1.29 is 13.3 Å². The summed E-state index contributed by atoms with van der Waals surface area (Å²) in [7, 11) is 0.958. The van der Waals surface area contributed by atoms with Gasteiger partial charge in [-0.05, 0) is 18.3 Å². The maximum absolute atomic E-state index is 11.2. The van der Waals surface area contributed by atoms with Crippen LogP contribution in [0.4, 0.5) is 5.82 Å². The molecule has 1 aromatic heterocycles. The number of aromatic nitrogens is 2. The Labute approximate surface area is 103 Å². The fourth-order valence-corrected chi connectivity index (χ4v) is 2.33. The molecule has 1 unspecified atom stereocenters. The molecule has 0 aliphatic rings. The topological polar surface area (TPSA) is 95.1 Å². The number of halogens is 1. The van der Waals surface area contributed by atoms with Gasteiger partial charge in [0.15, 0.2) is 0 Å². The second-order valence-electron chi connectivity index (χ2n) is 3.63. The molecule has 0 N–H and O–H groups in total. The quantitative estimate of drug-likeness (QED) is 0.468. The molecule has 0 amide bonds. The number of hydrogen-bond acceptors (Lipinski definition) is 5. The van der Waals surface area contributed by atoms with E-state index in [4.69, 9.17) is 10.7 Å². The van der Waals surface area contributed by atoms with Gasteiger partial charge in [-0.25, -0.2) is 8.42 Å². The first-order valence-electron chi connectivity index (χ1n) is 4.95. The lowest BCUT2D eigenvalue weighted by atomic mass is 10.2. The minimum absolute atomic E-state index is 0.120. The normalized spacial score (nSPS) is 13.6. The molecule has 0 spiro atoms. The summed E-state index contributed by atoms with van der Waals surface area (Å²) < 4.78 is 23.6. The predicted octanol–water partition coefficient (Wildman–Crippen LogP) is 2.08. The zero-order chi connectivity index (χ0) is 13.2. The van der Waals surface area contributed by atoms with Crippen LogP contribution >= 0.6 is 10.7 Å². The summed E-state index contributed by atoms with van der Waals surface area (Å²) in [6.45, 7) is 3.75. The first kappa shape index (κ1) is 13.9. The van der Waals surface area contributed by atoms with E-state index in [1.54, 1.807) is 6.92 Å². The van der Waals surface area contributed by atoms with Crippen molar-refractivity contribution in [2.45, 2.75) is 37.6 Å². The minimum Gasteiger partial charge on any atom is -0.358 e. The van der Waals surface area contributed by atoms with Crippen LogP contribution in [0, 0.1) is 10.1 Å². The van der Waals surface area contributed by atoms with E-state index < -0.39 is 24.7 Å². The van der Waals surface area contributed by atoms with Crippen LogP contribution in [-0.2, 0) is 9.05 Å². The van der Waals surface area contributed by atoms with Gasteiger partial charge in [0.05, 0.1) is 17.3 Å². The lowest BCUT2D eigenvalue weighted by Crippen LogP contribution is -2.05. The van der Waals surface area contributed by atoms with Crippen molar-refractivity contribution in [1.29, 1.82) is 0 Å². The van der Waals surface area contributed by atoms with Crippen molar-refractivity contribution in [3.63, 3.8) is 0 Å². The first-order chi connectivity index (χ1) is 7.77. The Balaban J connectivity index is 3.27. The zero-order valence-electron chi connectivity index (χ0n) is 9.33. The van der Waals surface area contributed by atoms with E-state index in [-0.39, 0.29) is 6.04 Å². The van der Waals surface area contributed by atoms with E-state index in [1.807, 2.05) is 6.92 Å². The van der Waals surface area contributed by atoms with Crippen LogP contribution in [0.1, 0.15) is 32.7 Å². The Kier molecular flexibility index (Phi) is 4.10. The number of nitro groups is 1. The van der Waals surface area contributed by atoms with Gasteiger partial charge in [0, 0.05) is 10.7 Å². The highest BCUT2D eigenvalue weighted by molar-refractivity contribution is 8.13. The van der Waals surface area contributed by atoms with E-state index in [2.05, 4.69) is 5.10 Å². The molecule has 0 saturated heterocycles. The van der Waals surface area contributed by atoms with Crippen molar-refractivity contribution in [2.24, 2.45) is 0 Å². The molecule has 17 heavy (non-hydrogen) atoms. The Morgan fingerprint density at radius 2 is 2.24 bits per heavy atom. The SMILES string of the molecule is CCCC(C)n1cc(S(=O)(=O)Cl)c([N+](=O)[O-])n1. The summed E-state index contributed by atoms with van der Waals surface area (Å²) in [5.74, 6) is -0.733. The second-order valence-corrected chi connectivity index (χ2v) is 6.16. The summed E-state index contributed by atoms with van der Waals surface area (Å²) in [5.41, 5.74) is 0. The van der Waals surface area contributed by atoms with Crippen LogP contribution in [0.3, 0.4) is 0 Å². The van der Waals surface area contributed by atoms with E-state index in [0.29, 0.717) is 0 Å². The molecule has 7 nitrogen and oxygen atoms in total. The van der Waals surface area contributed by atoms with Crippen molar-refractivity contribution >= 4 is 25.6 Å². The van der Waals surface area contributed by atoms with Crippen molar-refractivity contribution in [3.8, 4) is 0 Å². The summed E-state index contributed by atoms with van der Waals surface area (Å²) in [6, 6.07) is -0.120. The fourth-order valence-electron chi connectivity index (χ4n) is 1.44. The second kappa shape index (κ2) is 5.01. The molecular weight excluding hydrogens is 270 g/mol. The smallest absolute Gasteiger partial charge is 0.358 e. The molecule has 9 heteroatoms. The van der Waals surface area contributed by atoms with Crippen LogP contribution in [0.25, 0.3) is 0 Å². The maximum atomic E-state index is 11.2. The Hall–Kier alpha value is -1.15. The van der Waals surface area contributed by atoms with Gasteiger partial charge >= 0.3 is 5.82 Å². The molecule has 1 rings (SSSR count). The maximum Gasteiger partial charge on any atom is 0.410 e. The van der Waals surface area contributed by atoms with Gasteiger partial charge in [-0.2, -0.15) is 4.68 Å². The molecule has 96 valence electrons. The average molecular weight is 282 g/mol. The number of nitrogens with zero attached hydrogens (tertiary/aromatic N) is 3. The molecule has 0 fully saturated rings. The van der Waals surface area contributed by atoms with Crippen molar-refractivity contribution in [1.82, 2.24) is 9.78 Å². The predicted molar refractivity (Wildman–Crippen MR) is 61.5 cm³/mol. The average Bonchev–Trinajstić information content (AvgIpc) is 2.61. The van der Waals surface area contributed by atoms with Crippen molar-refractivity contribution in [3.05, 3.63) is 16.3 Å². The summed E-state index contributed by atoms with van der Waals surface area (Å²) in [6.07, 6.45) is 2.69. The molecule has 0 aliphatic heterocycles. The highest BCUT2D eigenvalue weighted by Gasteiger charge is 2.30. The summed E-state index contributed by atoms with van der Waals surface area (Å²) >= 11 is 0. The first-order valence-corrected chi connectivity index (χ1v) is 7.26. The third-order valence-electron chi connectivity index (χ3n) is 2.27. The lowest BCUT2D eigenvalue weighted by Gasteiger charge is -2.05. The molecule has 1 atom stereocenters. The molecule has 1 heterocycles. The van der Waals surface area contributed by atoms with E-state index in [9.17, 15) is 18.5 Å². The van der Waals surface area contributed by atoms with Gasteiger partial charge in [0.2, 0.25) is 4.90 Å². The van der Waals surface area contributed by atoms with Crippen LogP contribution in [0.15, 0.2) is 11.1 Å². The minimum atomic E-state index is -4.16. The Morgan fingerprint density at radius 3 is 2.59 bits per heavy atom. The summed E-state index contributed by atoms with van der Waals surface area (Å²) in [5, 5.41) is 14.3. The number of rotatable bonds is 5. The van der Waals surface area contributed by atoms with Gasteiger partial charge in [0.25, 0.3) is 9.05 Å². The molecule has 0 aliphatic carbocycles. The third-order valence-corrected chi connectivity index (χ3v) is 3.59. The standard InChI is InChI=1S/C8H12ClN3O4S/c1-3-4-6(2)11-5-7(17(9,15)16)8(10-11)12(13)14/h5-6H,3-4H2,1-2H3. The molecule has 0 saturated carbocycles. The van der Waals surface area contributed by atoms with Crippen LogP contribution in [-0.4, -0.2) is 23.1 Å². The zero-order valence-corrected chi connectivity index (χ0v) is 10.9. The van der Waals surface area contributed by atoms with E-state index >= 15 is 0 Å². The Bertz CT molecular complexity index is 525. The highest BCUT2D eigenvalue weighted by atomic mass is 35.7. The van der Waals surface area contributed by atoms with Crippen LogP contribution < -0.4 is 0 Å². The van der Waals surface area contributed by atoms with Gasteiger partial charge in [-0.1, -0.05) is 13.3 Å². The van der Waals surface area contributed by atoms with Crippen LogP contribution in [0.2, 0.25) is 0 Å². The lowest BCUT2D eigenvalue weighted by molar-refractivity contribution is -0.392. The highest BCUT2D eigenvalue weighted by Crippen LogP contribution is 2.27. The van der Waals surface area contributed by atoms with E-state index in [1.165, 1.54) is 4.68 Å². The van der Waals surface area contributed by atoms with Gasteiger partial charge < -0.3 is 10.1 Å². The molecular formula is C8H12ClN3O4S. The molecule has 0 radical (unpaired) electrons. The molecule has 1 aromatic rings. The van der Waals surface area contributed by atoms with Gasteiger partial charge in [-0.3, -0.25) is 0 Å². The molecule has 0 bridgehead atoms. The van der Waals surface area contributed by atoms with Crippen molar-refractivity contribution in [2.75, 3.05) is 0 Å². The van der Waals surface area contributed by atoms with Gasteiger partial charge in [-0.15, -0.1) is 0 Å². The van der Waals surface area contributed by atoms with E-state index in [0.717, 1.165) is 19.0 Å². The molecule has 0 aromatic carbocycles. The largest absolute Gasteiger partial charge is 0.410 e. The fraction of sp³-hybridized carbons (Fsp3) is 0.625. The van der Waals surface area contributed by atoms with Crippen LogP contribution in [0.5, 0.6) is 0 Å². The number of hydrogen-bond donors (Lipinski definition) is 0. The Morgan fingerprint density at radius 1 is 1.65 bits per heavy atom.